The number of ether oxygens (including phenoxy) is 1. The highest BCUT2D eigenvalue weighted by molar-refractivity contribution is 8.19. The van der Waals surface area contributed by atoms with Crippen molar-refractivity contribution in [3.63, 3.8) is 0 Å². The summed E-state index contributed by atoms with van der Waals surface area (Å²) in [4.78, 5) is 26.3. The summed E-state index contributed by atoms with van der Waals surface area (Å²) in [6.45, 7) is 0. The summed E-state index contributed by atoms with van der Waals surface area (Å²) in [5, 5.41) is 0.183. The van der Waals surface area contributed by atoms with E-state index in [9.17, 15) is 9.59 Å². The van der Waals surface area contributed by atoms with E-state index in [1.54, 1.807) is 42.5 Å². The molecule has 6 heteroatoms. The zero-order valence-electron chi connectivity index (χ0n) is 12.2. The molecule has 1 saturated heterocycles. The summed E-state index contributed by atoms with van der Waals surface area (Å²) in [6.07, 6.45) is 1.63. The number of halogens is 1. The second-order valence-corrected chi connectivity index (χ2v) is 6.14. The number of nitrogens with zero attached hydrogens (tertiary/aromatic N) is 1. The Hall–Kier alpha value is -2.24. The van der Waals surface area contributed by atoms with E-state index < -0.39 is 0 Å². The first-order valence-corrected chi connectivity index (χ1v) is 7.96. The van der Waals surface area contributed by atoms with Gasteiger partial charge in [-0.3, -0.25) is 9.59 Å². The molecule has 0 spiro atoms. The molecule has 0 aromatic heterocycles. The van der Waals surface area contributed by atoms with Gasteiger partial charge in [0.1, 0.15) is 5.75 Å². The van der Waals surface area contributed by atoms with Crippen molar-refractivity contribution in [3.05, 3.63) is 64.0 Å². The molecule has 2 aromatic carbocycles. The number of thioether (sulfide) groups is 1. The van der Waals surface area contributed by atoms with Crippen LogP contribution in [0.5, 0.6) is 5.75 Å². The Morgan fingerprint density at radius 3 is 2.65 bits per heavy atom. The monoisotopic (exact) mass is 345 g/mol. The number of rotatable bonds is 3. The van der Waals surface area contributed by atoms with Crippen molar-refractivity contribution in [1.29, 1.82) is 0 Å². The van der Waals surface area contributed by atoms with E-state index in [4.69, 9.17) is 16.3 Å². The van der Waals surface area contributed by atoms with Gasteiger partial charge in [-0.05, 0) is 41.6 Å². The molecule has 0 saturated carbocycles. The van der Waals surface area contributed by atoms with E-state index in [0.717, 1.165) is 16.7 Å². The molecule has 3 rings (SSSR count). The van der Waals surface area contributed by atoms with E-state index in [1.807, 2.05) is 12.1 Å². The van der Waals surface area contributed by atoms with Gasteiger partial charge in [-0.25, -0.2) is 4.90 Å². The molecule has 4 nitrogen and oxygen atoms in total. The maximum atomic E-state index is 12.6. The molecule has 116 valence electrons. The highest BCUT2D eigenvalue weighted by atomic mass is 35.5. The summed E-state index contributed by atoms with van der Waals surface area (Å²) >= 11 is 6.99. The Morgan fingerprint density at radius 2 is 1.91 bits per heavy atom. The minimum atomic E-state index is -0.367. The van der Waals surface area contributed by atoms with Gasteiger partial charge >= 0.3 is 0 Å². The average molecular weight is 346 g/mol. The molecule has 2 aromatic rings. The number of hydrogen-bond donors (Lipinski definition) is 0. The third-order valence-corrected chi connectivity index (χ3v) is 4.51. The number of methoxy groups -OCH3 is 1. The van der Waals surface area contributed by atoms with Gasteiger partial charge in [0.05, 0.1) is 17.7 Å². The number of imide groups is 1. The molecule has 1 aliphatic rings. The Balaban J connectivity index is 1.95. The van der Waals surface area contributed by atoms with Crippen LogP contribution in [-0.4, -0.2) is 18.3 Å². The van der Waals surface area contributed by atoms with Crippen molar-refractivity contribution in [1.82, 2.24) is 0 Å². The van der Waals surface area contributed by atoms with Crippen LogP contribution in [0.4, 0.5) is 10.5 Å². The topological polar surface area (TPSA) is 46.6 Å². The van der Waals surface area contributed by atoms with E-state index in [-0.39, 0.29) is 11.1 Å². The van der Waals surface area contributed by atoms with E-state index in [2.05, 4.69) is 0 Å². The van der Waals surface area contributed by atoms with Crippen LogP contribution >= 0.6 is 23.4 Å². The maximum absolute atomic E-state index is 12.6. The van der Waals surface area contributed by atoms with E-state index in [0.29, 0.717) is 26.9 Å². The van der Waals surface area contributed by atoms with E-state index >= 15 is 0 Å². The Kier molecular flexibility index (Phi) is 4.41. The lowest BCUT2D eigenvalue weighted by molar-refractivity contribution is -0.113. The Morgan fingerprint density at radius 1 is 1.13 bits per heavy atom. The fraction of sp³-hybridized carbons (Fsp3) is 0.0588. The van der Waals surface area contributed by atoms with Crippen molar-refractivity contribution in [2.24, 2.45) is 0 Å². The zero-order chi connectivity index (χ0) is 16.4. The first kappa shape index (κ1) is 15.6. The Bertz CT molecular complexity index is 819. The van der Waals surface area contributed by atoms with Crippen LogP contribution in [0, 0.1) is 0 Å². The molecule has 2 amide bonds. The fourth-order valence-electron chi connectivity index (χ4n) is 2.17. The lowest BCUT2D eigenvalue weighted by Gasteiger charge is -2.13. The fourth-order valence-corrected chi connectivity index (χ4v) is 3.20. The van der Waals surface area contributed by atoms with Gasteiger partial charge in [0.2, 0.25) is 0 Å². The van der Waals surface area contributed by atoms with Crippen molar-refractivity contribution in [2.45, 2.75) is 0 Å². The molecule has 0 radical (unpaired) electrons. The van der Waals surface area contributed by atoms with Crippen LogP contribution in [0.25, 0.3) is 6.08 Å². The van der Waals surface area contributed by atoms with Gasteiger partial charge in [-0.15, -0.1) is 0 Å². The molecular weight excluding hydrogens is 334 g/mol. The molecule has 1 fully saturated rings. The third kappa shape index (κ3) is 3.11. The number of carbonyl (C=O) groups excluding carboxylic acids is 2. The first-order valence-electron chi connectivity index (χ1n) is 6.76. The smallest absolute Gasteiger partial charge is 0.298 e. The predicted octanol–water partition coefficient (Wildman–Crippen LogP) is 4.59. The summed E-state index contributed by atoms with van der Waals surface area (Å²) in [5.74, 6) is 0.213. The van der Waals surface area contributed by atoms with Crippen LogP contribution in [0.3, 0.4) is 0 Å². The standard InChI is InChI=1S/C17H12ClNO3S/c1-22-13-7-4-6-12(10-13)19-16(20)15(23-17(19)21)9-11-5-2-3-8-14(11)18/h2-10H,1H3/b15-9-. The molecule has 0 bridgehead atoms. The molecular formula is C17H12ClNO3S. The lowest BCUT2D eigenvalue weighted by Crippen LogP contribution is -2.27. The largest absolute Gasteiger partial charge is 0.497 e. The average Bonchev–Trinajstić information content (AvgIpc) is 2.83. The predicted molar refractivity (Wildman–Crippen MR) is 92.9 cm³/mol. The normalized spacial score (nSPS) is 16.3. The second-order valence-electron chi connectivity index (χ2n) is 4.74. The van der Waals surface area contributed by atoms with Gasteiger partial charge in [0.15, 0.2) is 0 Å². The lowest BCUT2D eigenvalue weighted by atomic mass is 10.2. The van der Waals surface area contributed by atoms with Gasteiger partial charge in [-0.1, -0.05) is 35.9 Å². The van der Waals surface area contributed by atoms with Crippen molar-refractivity contribution < 1.29 is 14.3 Å². The van der Waals surface area contributed by atoms with Gasteiger partial charge < -0.3 is 4.74 Å². The SMILES string of the molecule is COc1cccc(N2C(=O)S/C(=C\c3ccccc3Cl)C2=O)c1. The molecule has 0 N–H and O–H groups in total. The van der Waals surface area contributed by atoms with Crippen molar-refractivity contribution in [3.8, 4) is 5.75 Å². The van der Waals surface area contributed by atoms with E-state index in [1.165, 1.54) is 7.11 Å². The first-order chi connectivity index (χ1) is 11.1. The molecule has 23 heavy (non-hydrogen) atoms. The van der Waals surface area contributed by atoms with Crippen molar-refractivity contribution in [2.75, 3.05) is 12.0 Å². The van der Waals surface area contributed by atoms with Crippen LogP contribution in [-0.2, 0) is 4.79 Å². The van der Waals surface area contributed by atoms with Crippen molar-refractivity contribution >= 4 is 46.3 Å². The van der Waals surface area contributed by atoms with Crippen LogP contribution in [0.2, 0.25) is 5.02 Å². The highest BCUT2D eigenvalue weighted by Crippen LogP contribution is 2.37. The van der Waals surface area contributed by atoms with Gasteiger partial charge in [0.25, 0.3) is 11.1 Å². The number of carbonyl (C=O) groups is 2. The third-order valence-electron chi connectivity index (χ3n) is 3.30. The number of benzene rings is 2. The van der Waals surface area contributed by atoms with Crippen LogP contribution in [0.15, 0.2) is 53.4 Å². The molecule has 1 aliphatic heterocycles. The quantitative estimate of drug-likeness (QED) is 0.763. The van der Waals surface area contributed by atoms with Gasteiger partial charge in [-0.2, -0.15) is 0 Å². The molecule has 0 aliphatic carbocycles. The van der Waals surface area contributed by atoms with Gasteiger partial charge in [0, 0.05) is 11.1 Å². The summed E-state index contributed by atoms with van der Waals surface area (Å²) in [6, 6.07) is 14.0. The molecule has 1 heterocycles. The number of anilines is 1. The summed E-state index contributed by atoms with van der Waals surface area (Å²) in [5.41, 5.74) is 1.18. The maximum Gasteiger partial charge on any atom is 0.298 e. The summed E-state index contributed by atoms with van der Waals surface area (Å²) < 4.78 is 5.13. The molecule has 0 unspecified atom stereocenters. The number of amides is 2. The Labute approximate surface area is 142 Å². The summed E-state index contributed by atoms with van der Waals surface area (Å²) in [7, 11) is 1.53. The minimum absolute atomic E-state index is 0.339. The zero-order valence-corrected chi connectivity index (χ0v) is 13.7. The minimum Gasteiger partial charge on any atom is -0.497 e. The highest BCUT2D eigenvalue weighted by Gasteiger charge is 2.36. The number of hydrogen-bond acceptors (Lipinski definition) is 4. The van der Waals surface area contributed by atoms with Crippen LogP contribution in [0.1, 0.15) is 5.56 Å². The second kappa shape index (κ2) is 6.48. The molecule has 0 atom stereocenters. The van der Waals surface area contributed by atoms with Crippen LogP contribution < -0.4 is 9.64 Å².